The van der Waals surface area contributed by atoms with E-state index in [0.717, 1.165) is 5.01 Å². The number of imide groups is 1. The molecule has 1 heterocycles. The van der Waals surface area contributed by atoms with Gasteiger partial charge in [0.15, 0.2) is 4.32 Å². The van der Waals surface area contributed by atoms with Gasteiger partial charge in [-0.3, -0.25) is 15.0 Å². The normalized spacial score (nSPS) is 13.9. The van der Waals surface area contributed by atoms with E-state index in [1.165, 1.54) is 11.8 Å². The van der Waals surface area contributed by atoms with Crippen LogP contribution in [0.2, 0.25) is 0 Å². The van der Waals surface area contributed by atoms with Gasteiger partial charge in [0.25, 0.3) is 11.8 Å². The minimum absolute atomic E-state index is 0.364. The average Bonchev–Trinajstić information content (AvgIpc) is 2.55. The molecule has 0 spiro atoms. The highest BCUT2D eigenvalue weighted by Gasteiger charge is 2.35. The first kappa shape index (κ1) is 11.1. The van der Waals surface area contributed by atoms with E-state index >= 15 is 0 Å². The smallest absolute Gasteiger partial charge is 0.272 e. The molecular formula is C10H8N2O2S2. The summed E-state index contributed by atoms with van der Waals surface area (Å²) >= 11 is 6.18. The molecule has 82 valence electrons. The second-order valence-corrected chi connectivity index (χ2v) is 4.58. The molecule has 0 saturated carbocycles. The molecule has 0 bridgehead atoms. The van der Waals surface area contributed by atoms with E-state index in [-0.39, 0.29) is 11.8 Å². The van der Waals surface area contributed by atoms with Gasteiger partial charge in [0.1, 0.15) is 0 Å². The zero-order chi connectivity index (χ0) is 11.7. The van der Waals surface area contributed by atoms with Crippen LogP contribution in [0.15, 0.2) is 24.3 Å². The summed E-state index contributed by atoms with van der Waals surface area (Å²) in [4.78, 5) is 23.7. The Morgan fingerprint density at radius 2 is 1.75 bits per heavy atom. The Kier molecular flexibility index (Phi) is 2.93. The molecule has 0 aliphatic carbocycles. The van der Waals surface area contributed by atoms with Gasteiger partial charge in [0.05, 0.1) is 11.1 Å². The van der Waals surface area contributed by atoms with Gasteiger partial charge >= 0.3 is 0 Å². The Morgan fingerprint density at radius 1 is 1.25 bits per heavy atom. The number of carbonyl (C=O) groups excluding carboxylic acids is 2. The number of hydrogen-bond donors (Lipinski definition) is 1. The second kappa shape index (κ2) is 4.23. The summed E-state index contributed by atoms with van der Waals surface area (Å²) in [5, 5.41) is 0.948. The Hall–Kier alpha value is -1.40. The Bertz CT molecular complexity index is 452. The number of fused-ring (bicyclic) bond motifs is 1. The molecule has 0 atom stereocenters. The first-order valence-corrected chi connectivity index (χ1v) is 6.11. The predicted octanol–water partition coefficient (Wildman–Crippen LogP) is 1.44. The minimum Gasteiger partial charge on any atom is -0.272 e. The quantitative estimate of drug-likeness (QED) is 0.605. The first-order chi connectivity index (χ1) is 7.65. The molecule has 0 fully saturated rings. The van der Waals surface area contributed by atoms with Crippen LogP contribution < -0.4 is 5.43 Å². The summed E-state index contributed by atoms with van der Waals surface area (Å²) in [5.41, 5.74) is 3.42. The third-order valence-electron chi connectivity index (χ3n) is 2.18. The van der Waals surface area contributed by atoms with Crippen molar-refractivity contribution in [2.24, 2.45) is 0 Å². The van der Waals surface area contributed by atoms with Gasteiger partial charge in [-0.1, -0.05) is 36.1 Å². The van der Waals surface area contributed by atoms with E-state index in [2.05, 4.69) is 5.43 Å². The van der Waals surface area contributed by atoms with Gasteiger partial charge in [-0.05, 0) is 18.4 Å². The van der Waals surface area contributed by atoms with Crippen molar-refractivity contribution in [1.82, 2.24) is 10.4 Å². The lowest BCUT2D eigenvalue weighted by Gasteiger charge is -2.15. The maximum Gasteiger partial charge on any atom is 0.280 e. The zero-order valence-corrected chi connectivity index (χ0v) is 10.0. The molecule has 1 aliphatic rings. The Balaban J connectivity index is 2.32. The van der Waals surface area contributed by atoms with Crippen LogP contribution in [0.3, 0.4) is 0 Å². The maximum absolute atomic E-state index is 11.8. The van der Waals surface area contributed by atoms with Crippen molar-refractivity contribution in [1.29, 1.82) is 0 Å². The number of rotatable bonds is 1. The molecular weight excluding hydrogens is 244 g/mol. The highest BCUT2D eigenvalue weighted by molar-refractivity contribution is 8.22. The molecule has 2 rings (SSSR count). The monoisotopic (exact) mass is 252 g/mol. The molecule has 1 aromatic carbocycles. The summed E-state index contributed by atoms with van der Waals surface area (Å²) in [7, 11) is 0. The number of benzene rings is 1. The SMILES string of the molecule is CSC(=S)NN1C(=O)c2ccccc2C1=O. The summed E-state index contributed by atoms with van der Waals surface area (Å²) in [6.07, 6.45) is 1.77. The van der Waals surface area contributed by atoms with Gasteiger partial charge in [0, 0.05) is 0 Å². The second-order valence-electron chi connectivity index (χ2n) is 3.09. The number of nitrogens with zero attached hydrogens (tertiary/aromatic N) is 1. The van der Waals surface area contributed by atoms with E-state index in [4.69, 9.17) is 12.2 Å². The van der Waals surface area contributed by atoms with Gasteiger partial charge in [-0.15, -0.1) is 0 Å². The van der Waals surface area contributed by atoms with Gasteiger partial charge in [0.2, 0.25) is 0 Å². The van der Waals surface area contributed by atoms with Crippen LogP contribution in [0, 0.1) is 0 Å². The highest BCUT2D eigenvalue weighted by atomic mass is 32.2. The minimum atomic E-state index is -0.364. The molecule has 0 aromatic heterocycles. The summed E-state index contributed by atoms with van der Waals surface area (Å²) in [6.45, 7) is 0. The lowest BCUT2D eigenvalue weighted by molar-refractivity contribution is 0.0615. The van der Waals surface area contributed by atoms with Crippen molar-refractivity contribution >= 4 is 40.1 Å². The molecule has 4 nitrogen and oxygen atoms in total. The van der Waals surface area contributed by atoms with E-state index in [0.29, 0.717) is 15.4 Å². The van der Waals surface area contributed by atoms with Crippen molar-refractivity contribution in [2.45, 2.75) is 0 Å². The molecule has 0 radical (unpaired) electrons. The fraction of sp³-hybridized carbons (Fsp3) is 0.100. The molecule has 2 amide bonds. The summed E-state index contributed by atoms with van der Waals surface area (Å²) in [6, 6.07) is 6.69. The third kappa shape index (κ3) is 1.70. The molecule has 16 heavy (non-hydrogen) atoms. The van der Waals surface area contributed by atoms with E-state index in [1.807, 2.05) is 0 Å². The lowest BCUT2D eigenvalue weighted by Crippen LogP contribution is -2.44. The van der Waals surface area contributed by atoms with Gasteiger partial charge in [-0.2, -0.15) is 5.01 Å². The van der Waals surface area contributed by atoms with Crippen LogP contribution in [0.4, 0.5) is 0 Å². The van der Waals surface area contributed by atoms with Crippen molar-refractivity contribution in [3.63, 3.8) is 0 Å². The summed E-state index contributed by atoms with van der Waals surface area (Å²) in [5.74, 6) is -0.728. The topological polar surface area (TPSA) is 49.4 Å². The van der Waals surface area contributed by atoms with E-state index in [9.17, 15) is 9.59 Å². The summed E-state index contributed by atoms with van der Waals surface area (Å²) < 4.78 is 0.384. The number of hydrogen-bond acceptors (Lipinski definition) is 4. The fourth-order valence-electron chi connectivity index (χ4n) is 1.43. The maximum atomic E-state index is 11.8. The van der Waals surface area contributed by atoms with Crippen molar-refractivity contribution in [3.8, 4) is 0 Å². The number of carbonyl (C=O) groups is 2. The molecule has 6 heteroatoms. The fourth-order valence-corrected chi connectivity index (χ4v) is 1.70. The number of thioether (sulfide) groups is 1. The Labute approximate surface area is 102 Å². The zero-order valence-electron chi connectivity index (χ0n) is 8.39. The van der Waals surface area contributed by atoms with Crippen LogP contribution >= 0.6 is 24.0 Å². The number of nitrogens with one attached hydrogen (secondary N) is 1. The third-order valence-corrected chi connectivity index (χ3v) is 3.24. The van der Waals surface area contributed by atoms with Crippen molar-refractivity contribution in [2.75, 3.05) is 6.26 Å². The van der Waals surface area contributed by atoms with Crippen LogP contribution in [-0.4, -0.2) is 27.4 Å². The van der Waals surface area contributed by atoms with Crippen LogP contribution in [0.25, 0.3) is 0 Å². The lowest BCUT2D eigenvalue weighted by atomic mass is 10.1. The highest BCUT2D eigenvalue weighted by Crippen LogP contribution is 2.20. The Morgan fingerprint density at radius 3 is 2.19 bits per heavy atom. The van der Waals surface area contributed by atoms with Crippen LogP contribution in [0.1, 0.15) is 20.7 Å². The first-order valence-electron chi connectivity index (χ1n) is 4.47. The predicted molar refractivity (Wildman–Crippen MR) is 66.2 cm³/mol. The molecule has 1 aliphatic heterocycles. The number of hydrazine groups is 1. The van der Waals surface area contributed by atoms with Gasteiger partial charge in [-0.25, -0.2) is 0 Å². The molecule has 0 saturated heterocycles. The van der Waals surface area contributed by atoms with E-state index < -0.39 is 0 Å². The number of amides is 2. The van der Waals surface area contributed by atoms with Crippen LogP contribution in [-0.2, 0) is 0 Å². The average molecular weight is 252 g/mol. The molecule has 1 aromatic rings. The van der Waals surface area contributed by atoms with Crippen molar-refractivity contribution in [3.05, 3.63) is 35.4 Å². The van der Waals surface area contributed by atoms with Crippen LogP contribution in [0.5, 0.6) is 0 Å². The molecule has 0 unspecified atom stereocenters. The standard InChI is InChI=1S/C10H8N2O2S2/c1-16-10(15)11-12-8(13)6-4-2-3-5-7(6)9(12)14/h2-5H,1H3,(H,11,15). The number of thiocarbonyl (C=S) groups is 1. The largest absolute Gasteiger partial charge is 0.280 e. The van der Waals surface area contributed by atoms with Gasteiger partial charge < -0.3 is 0 Å². The van der Waals surface area contributed by atoms with E-state index in [1.54, 1.807) is 30.5 Å². The van der Waals surface area contributed by atoms with Crippen molar-refractivity contribution < 1.29 is 9.59 Å². The molecule has 1 N–H and O–H groups in total.